The van der Waals surface area contributed by atoms with Crippen LogP contribution in [0.25, 0.3) is 5.65 Å². The van der Waals surface area contributed by atoms with E-state index in [1.54, 1.807) is 6.07 Å². The summed E-state index contributed by atoms with van der Waals surface area (Å²) in [6.07, 6.45) is 2.21. The lowest BCUT2D eigenvalue weighted by Gasteiger charge is -2.30. The fourth-order valence-electron chi connectivity index (χ4n) is 2.27. The summed E-state index contributed by atoms with van der Waals surface area (Å²) in [6.45, 7) is 6.80. The van der Waals surface area contributed by atoms with Gasteiger partial charge in [0.1, 0.15) is 5.82 Å². The summed E-state index contributed by atoms with van der Waals surface area (Å²) in [5.74, 6) is 0.641. The van der Waals surface area contributed by atoms with Crippen molar-refractivity contribution in [3.8, 4) is 0 Å². The number of pyridine rings is 1. The summed E-state index contributed by atoms with van der Waals surface area (Å²) >= 11 is 0. The minimum Gasteiger partial charge on any atom is -0.346 e. The molecule has 3 N–H and O–H groups in total. The zero-order valence-corrected chi connectivity index (χ0v) is 11.5. The van der Waals surface area contributed by atoms with Gasteiger partial charge in [-0.2, -0.15) is 4.98 Å². The van der Waals surface area contributed by atoms with Crippen molar-refractivity contribution in [2.75, 3.05) is 11.9 Å². The first-order valence-corrected chi connectivity index (χ1v) is 6.42. The number of rotatable bonds is 5. The summed E-state index contributed by atoms with van der Waals surface area (Å²) < 4.78 is 14.5. The number of fused-ring (bicyclic) bond motifs is 1. The fraction of sp³-hybridized carbons (Fsp3) is 0.538. The second kappa shape index (κ2) is 5.13. The molecule has 1 atom stereocenters. The smallest absolute Gasteiger partial charge is 0.243 e. The van der Waals surface area contributed by atoms with Gasteiger partial charge in [0.2, 0.25) is 5.95 Å². The van der Waals surface area contributed by atoms with Crippen LogP contribution in [0.5, 0.6) is 0 Å². The van der Waals surface area contributed by atoms with Gasteiger partial charge >= 0.3 is 0 Å². The first-order valence-electron chi connectivity index (χ1n) is 6.42. The van der Waals surface area contributed by atoms with E-state index in [1.807, 2.05) is 6.92 Å². The largest absolute Gasteiger partial charge is 0.346 e. The van der Waals surface area contributed by atoms with Gasteiger partial charge in [0, 0.05) is 12.1 Å². The van der Waals surface area contributed by atoms with E-state index >= 15 is 0 Å². The summed E-state index contributed by atoms with van der Waals surface area (Å²) in [7, 11) is 0. The number of aromatic nitrogens is 3. The van der Waals surface area contributed by atoms with Crippen LogP contribution in [0.1, 0.15) is 27.2 Å². The highest BCUT2D eigenvalue weighted by atomic mass is 19.1. The molecule has 2 aromatic heterocycles. The van der Waals surface area contributed by atoms with E-state index in [9.17, 15) is 4.39 Å². The monoisotopic (exact) mass is 265 g/mol. The van der Waals surface area contributed by atoms with Crippen molar-refractivity contribution in [1.29, 1.82) is 0 Å². The predicted octanol–water partition coefficient (Wildman–Crippen LogP) is 2.04. The quantitative estimate of drug-likeness (QED) is 0.868. The number of nitrogens with one attached hydrogen (secondary N) is 1. The zero-order chi connectivity index (χ0) is 14.0. The molecule has 0 bridgehead atoms. The number of anilines is 1. The molecule has 0 saturated heterocycles. The molecule has 6 heteroatoms. The van der Waals surface area contributed by atoms with Crippen molar-refractivity contribution >= 4 is 11.6 Å². The molecule has 0 spiro atoms. The molecule has 2 aromatic rings. The van der Waals surface area contributed by atoms with Crippen molar-refractivity contribution < 1.29 is 4.39 Å². The maximum absolute atomic E-state index is 13.1. The Morgan fingerprint density at radius 1 is 1.47 bits per heavy atom. The second-order valence-electron chi connectivity index (χ2n) is 5.57. The molecule has 104 valence electrons. The summed E-state index contributed by atoms with van der Waals surface area (Å²) in [6, 6.07) is 2.96. The van der Waals surface area contributed by atoms with E-state index in [4.69, 9.17) is 5.73 Å². The van der Waals surface area contributed by atoms with Crippen molar-refractivity contribution in [2.45, 2.75) is 32.7 Å². The van der Waals surface area contributed by atoms with Gasteiger partial charge in [0.15, 0.2) is 5.65 Å². The molecule has 2 rings (SSSR count). The van der Waals surface area contributed by atoms with Gasteiger partial charge in [-0.25, -0.2) is 8.91 Å². The summed E-state index contributed by atoms with van der Waals surface area (Å²) in [5, 5.41) is 7.47. The Labute approximate surface area is 112 Å². The van der Waals surface area contributed by atoms with Crippen LogP contribution in [0, 0.1) is 11.7 Å². The van der Waals surface area contributed by atoms with Crippen LogP contribution in [0.4, 0.5) is 10.3 Å². The molecule has 0 aliphatic carbocycles. The molecular weight excluding hydrogens is 245 g/mol. The SMILES string of the molecule is CC(C)CC(C)(CN)Nc1nc2ccc(F)cn2n1. The summed E-state index contributed by atoms with van der Waals surface area (Å²) in [5.41, 5.74) is 6.17. The lowest BCUT2D eigenvalue weighted by Crippen LogP contribution is -2.44. The maximum Gasteiger partial charge on any atom is 0.243 e. The van der Waals surface area contributed by atoms with Crippen molar-refractivity contribution in [1.82, 2.24) is 14.6 Å². The van der Waals surface area contributed by atoms with E-state index in [0.29, 0.717) is 24.1 Å². The highest BCUT2D eigenvalue weighted by molar-refractivity contribution is 5.44. The second-order valence-corrected chi connectivity index (χ2v) is 5.57. The van der Waals surface area contributed by atoms with Gasteiger partial charge in [-0.3, -0.25) is 0 Å². The Hall–Kier alpha value is -1.69. The van der Waals surface area contributed by atoms with Crippen LogP contribution in [0.15, 0.2) is 18.3 Å². The molecular formula is C13H20FN5. The maximum atomic E-state index is 13.1. The molecule has 0 aromatic carbocycles. The molecule has 1 unspecified atom stereocenters. The molecule has 2 heterocycles. The van der Waals surface area contributed by atoms with Crippen molar-refractivity contribution in [2.24, 2.45) is 11.7 Å². The molecule has 0 amide bonds. The third-order valence-electron chi connectivity index (χ3n) is 3.02. The molecule has 0 saturated carbocycles. The average molecular weight is 265 g/mol. The van der Waals surface area contributed by atoms with E-state index in [1.165, 1.54) is 16.8 Å². The zero-order valence-electron chi connectivity index (χ0n) is 11.5. The first kappa shape index (κ1) is 13.7. The number of hydrogen-bond donors (Lipinski definition) is 2. The third-order valence-corrected chi connectivity index (χ3v) is 3.02. The van der Waals surface area contributed by atoms with Crippen LogP contribution in [-0.4, -0.2) is 26.7 Å². The topological polar surface area (TPSA) is 68.2 Å². The lowest BCUT2D eigenvalue weighted by molar-refractivity contribution is 0.405. The number of halogens is 1. The van der Waals surface area contributed by atoms with Crippen molar-refractivity contribution in [3.05, 3.63) is 24.1 Å². The van der Waals surface area contributed by atoms with E-state index in [-0.39, 0.29) is 11.4 Å². The molecule has 0 fully saturated rings. The van der Waals surface area contributed by atoms with E-state index in [0.717, 1.165) is 6.42 Å². The van der Waals surface area contributed by atoms with E-state index in [2.05, 4.69) is 29.2 Å². The molecule has 5 nitrogen and oxygen atoms in total. The average Bonchev–Trinajstić information content (AvgIpc) is 2.68. The normalized spacial score (nSPS) is 14.8. The number of nitrogens with two attached hydrogens (primary N) is 1. The van der Waals surface area contributed by atoms with Crippen LogP contribution < -0.4 is 11.1 Å². The third kappa shape index (κ3) is 3.20. The van der Waals surface area contributed by atoms with E-state index < -0.39 is 0 Å². The number of nitrogens with zero attached hydrogens (tertiary/aromatic N) is 3. The lowest BCUT2D eigenvalue weighted by atomic mass is 9.91. The Morgan fingerprint density at radius 3 is 2.84 bits per heavy atom. The fourth-order valence-corrected chi connectivity index (χ4v) is 2.27. The summed E-state index contributed by atoms with van der Waals surface area (Å²) in [4.78, 5) is 4.31. The standard InChI is InChI=1S/C13H20FN5/c1-9(2)6-13(3,8-15)17-12-16-11-5-4-10(14)7-19(11)18-12/h4-5,7,9H,6,8,15H2,1-3H3,(H,17,18). The van der Waals surface area contributed by atoms with Gasteiger partial charge in [0.05, 0.1) is 6.20 Å². The van der Waals surface area contributed by atoms with Crippen LogP contribution >= 0.6 is 0 Å². The molecule has 0 radical (unpaired) electrons. The highest BCUT2D eigenvalue weighted by Crippen LogP contribution is 2.20. The van der Waals surface area contributed by atoms with Crippen LogP contribution in [0.2, 0.25) is 0 Å². The minimum absolute atomic E-state index is 0.266. The Bertz CT molecular complexity index is 565. The number of hydrogen-bond acceptors (Lipinski definition) is 4. The highest BCUT2D eigenvalue weighted by Gasteiger charge is 2.25. The Kier molecular flexibility index (Phi) is 3.71. The van der Waals surface area contributed by atoms with Gasteiger partial charge in [-0.05, 0) is 31.4 Å². The minimum atomic E-state index is -0.340. The Balaban J connectivity index is 2.24. The van der Waals surface area contributed by atoms with Gasteiger partial charge in [-0.1, -0.05) is 13.8 Å². The van der Waals surface area contributed by atoms with Crippen LogP contribution in [0.3, 0.4) is 0 Å². The first-order chi connectivity index (χ1) is 8.92. The van der Waals surface area contributed by atoms with Crippen LogP contribution in [-0.2, 0) is 0 Å². The van der Waals surface area contributed by atoms with Gasteiger partial charge in [0.25, 0.3) is 0 Å². The molecule has 0 aliphatic rings. The van der Waals surface area contributed by atoms with Crippen molar-refractivity contribution in [3.63, 3.8) is 0 Å². The molecule has 0 aliphatic heterocycles. The van der Waals surface area contributed by atoms with Gasteiger partial charge in [-0.15, -0.1) is 5.10 Å². The Morgan fingerprint density at radius 2 is 2.21 bits per heavy atom. The molecule has 19 heavy (non-hydrogen) atoms. The van der Waals surface area contributed by atoms with Gasteiger partial charge < -0.3 is 11.1 Å². The predicted molar refractivity (Wildman–Crippen MR) is 73.5 cm³/mol.